The average Bonchev–Trinajstić information content (AvgIpc) is 4.07. The predicted octanol–water partition coefficient (Wildman–Crippen LogP) is 1.38. The van der Waals surface area contributed by atoms with Crippen molar-refractivity contribution in [3.63, 3.8) is 0 Å². The number of nitrogens with two attached hydrogens (primary N) is 2. The number of phenols is 1. The molecule has 2 aliphatic rings. The SMILES string of the molecule is C#CCOCCOCCOCCNc1nc(N2CCN(C(=O)[C@H]([C@@H](C)CC)n3cc([C@@H](N)CO)nn3)CC2)nc(N2CCN(C(=O)[C@H]([C@@H](C)CC)n3cc([C@@H](N)Cc4ccc(O)cc4)nn3)CC2)n1.Cl. The molecule has 24 heteroatoms. The number of anilines is 3. The molecule has 4 aromatic rings. The number of hydrogen-bond acceptors (Lipinski definition) is 19. The summed E-state index contributed by atoms with van der Waals surface area (Å²) in [4.78, 5) is 50.9. The molecule has 2 saturated heterocycles. The van der Waals surface area contributed by atoms with Crippen LogP contribution in [0.2, 0.25) is 0 Å². The van der Waals surface area contributed by atoms with Crippen LogP contribution in [0.3, 0.4) is 0 Å². The summed E-state index contributed by atoms with van der Waals surface area (Å²) in [6, 6.07) is 4.60. The third-order valence-corrected chi connectivity index (χ3v) is 12.7. The number of piperazine rings is 2. The van der Waals surface area contributed by atoms with Gasteiger partial charge in [-0.15, -0.1) is 29.0 Å². The number of aliphatic hydroxyl groups is 1. The van der Waals surface area contributed by atoms with Crippen LogP contribution in [0.5, 0.6) is 5.75 Å². The molecule has 1 aromatic carbocycles. The zero-order valence-electron chi connectivity index (χ0n) is 40.8. The lowest BCUT2D eigenvalue weighted by Crippen LogP contribution is -2.52. The van der Waals surface area contributed by atoms with Gasteiger partial charge in [-0.25, -0.2) is 9.36 Å². The Kier molecular flexibility index (Phi) is 21.8. The standard InChI is InChI=1S/C46H70N16O7.ClH/c1-6-22-67-24-26-69-27-25-68-23-13-49-44-50-45(52-46(51-44)60-20-16-58(17-21-60)43(66)41(33(5)8-3)62-30-39(54-56-62)37(48)31-63)59-18-14-57(15-19-59)42(65)40(32(4)7-2)61-29-38(53-55-61)36(47)28-34-9-11-35(64)12-10-34;/h1,9-12,29-30,32-33,36-37,40-41,63-64H,7-8,13-28,31,47-48H2,2-5H3,(H,49,50,51,52);1H/t32-,33-,36-,37-,40-,41-;/m0./s1. The van der Waals surface area contributed by atoms with Crippen molar-refractivity contribution in [1.29, 1.82) is 0 Å². The first-order chi connectivity index (χ1) is 33.4. The van der Waals surface area contributed by atoms with Gasteiger partial charge in [0.1, 0.15) is 30.1 Å². The molecule has 0 bridgehead atoms. The molecule has 0 spiro atoms. The van der Waals surface area contributed by atoms with Crippen LogP contribution in [0, 0.1) is 24.2 Å². The first-order valence-electron chi connectivity index (χ1n) is 23.9. The minimum absolute atomic E-state index is 0. The molecule has 3 aromatic heterocycles. The van der Waals surface area contributed by atoms with E-state index in [-0.39, 0.29) is 55.0 Å². The Morgan fingerprint density at radius 3 is 1.67 bits per heavy atom. The Balaban J connectivity index is 0.00000913. The van der Waals surface area contributed by atoms with Gasteiger partial charge in [-0.2, -0.15) is 15.0 Å². The van der Waals surface area contributed by atoms with Gasteiger partial charge in [0.25, 0.3) is 0 Å². The maximum atomic E-state index is 14.4. The van der Waals surface area contributed by atoms with Crippen molar-refractivity contribution in [2.75, 3.05) is 120 Å². The van der Waals surface area contributed by atoms with E-state index in [1.807, 2.05) is 47.6 Å². The molecule has 384 valence electrons. The number of hydrogen-bond donors (Lipinski definition) is 5. The molecular formula is C46H71ClN16O7. The zero-order valence-corrected chi connectivity index (χ0v) is 41.6. The second-order valence-electron chi connectivity index (χ2n) is 17.5. The minimum Gasteiger partial charge on any atom is -0.508 e. The topological polar surface area (TPSA) is 279 Å². The molecule has 0 aliphatic carbocycles. The second-order valence-corrected chi connectivity index (χ2v) is 17.5. The Labute approximate surface area is 416 Å². The van der Waals surface area contributed by atoms with Crippen LogP contribution in [0.15, 0.2) is 36.7 Å². The highest BCUT2D eigenvalue weighted by atomic mass is 35.5. The molecule has 0 unspecified atom stereocenters. The Morgan fingerprint density at radius 2 is 1.20 bits per heavy atom. The number of amides is 2. The van der Waals surface area contributed by atoms with Crippen molar-refractivity contribution in [3.8, 4) is 18.1 Å². The summed E-state index contributed by atoms with van der Waals surface area (Å²) in [6.07, 6.45) is 10.6. The summed E-state index contributed by atoms with van der Waals surface area (Å²) >= 11 is 0. The number of halogens is 1. The Morgan fingerprint density at radius 1 is 0.729 bits per heavy atom. The van der Waals surface area contributed by atoms with Crippen molar-refractivity contribution in [2.45, 2.75) is 71.1 Å². The third-order valence-electron chi connectivity index (χ3n) is 12.7. The maximum Gasteiger partial charge on any atom is 0.247 e. The molecule has 7 N–H and O–H groups in total. The smallest absolute Gasteiger partial charge is 0.247 e. The highest BCUT2D eigenvalue weighted by Gasteiger charge is 2.36. The number of aromatic nitrogens is 9. The van der Waals surface area contributed by atoms with Gasteiger partial charge in [-0.05, 0) is 36.0 Å². The van der Waals surface area contributed by atoms with Crippen LogP contribution in [-0.4, -0.2) is 182 Å². The van der Waals surface area contributed by atoms with E-state index < -0.39 is 24.2 Å². The fraction of sp³-hybridized carbons (Fsp3) is 0.630. The van der Waals surface area contributed by atoms with Gasteiger partial charge >= 0.3 is 0 Å². The highest BCUT2D eigenvalue weighted by molar-refractivity contribution is 5.85. The van der Waals surface area contributed by atoms with E-state index in [2.05, 4.69) is 43.7 Å². The first kappa shape index (κ1) is 55.2. The van der Waals surface area contributed by atoms with Crippen LogP contribution >= 0.6 is 12.4 Å². The number of ether oxygens (including phenoxy) is 3. The number of benzene rings is 1. The van der Waals surface area contributed by atoms with Crippen molar-refractivity contribution < 1.29 is 34.0 Å². The minimum atomic E-state index is -0.689. The molecule has 70 heavy (non-hydrogen) atoms. The molecule has 23 nitrogen and oxygen atoms in total. The summed E-state index contributed by atoms with van der Waals surface area (Å²) in [7, 11) is 0. The molecular weight excluding hydrogens is 924 g/mol. The molecule has 6 atom stereocenters. The van der Waals surface area contributed by atoms with Crippen molar-refractivity contribution in [3.05, 3.63) is 53.6 Å². The number of carbonyl (C=O) groups excluding carboxylic acids is 2. The summed E-state index contributed by atoms with van der Waals surface area (Å²) in [5, 5.41) is 39.7. The van der Waals surface area contributed by atoms with Crippen LogP contribution in [0.4, 0.5) is 17.8 Å². The summed E-state index contributed by atoms with van der Waals surface area (Å²) in [5.74, 6) is 3.73. The molecule has 2 amide bonds. The van der Waals surface area contributed by atoms with Crippen LogP contribution in [-0.2, 0) is 30.2 Å². The van der Waals surface area contributed by atoms with E-state index in [4.69, 9.17) is 47.1 Å². The summed E-state index contributed by atoms with van der Waals surface area (Å²) in [6.45, 7) is 14.2. The van der Waals surface area contributed by atoms with E-state index in [0.717, 1.165) is 18.4 Å². The number of aliphatic hydroxyl groups excluding tert-OH is 1. The fourth-order valence-corrected chi connectivity index (χ4v) is 8.11. The van der Waals surface area contributed by atoms with E-state index in [9.17, 15) is 19.8 Å². The number of nitrogens with one attached hydrogen (secondary N) is 1. The highest BCUT2D eigenvalue weighted by Crippen LogP contribution is 2.28. The predicted molar refractivity (Wildman–Crippen MR) is 264 cm³/mol. The number of phenolic OH excluding ortho intramolecular Hbond substituents is 1. The fourth-order valence-electron chi connectivity index (χ4n) is 8.11. The largest absolute Gasteiger partial charge is 0.508 e. The molecule has 2 fully saturated rings. The number of carbonyl (C=O) groups is 2. The lowest BCUT2D eigenvalue weighted by Gasteiger charge is -2.38. The average molecular weight is 996 g/mol. The van der Waals surface area contributed by atoms with E-state index in [1.54, 1.807) is 33.9 Å². The van der Waals surface area contributed by atoms with E-state index >= 15 is 0 Å². The number of aromatic hydroxyl groups is 1. The van der Waals surface area contributed by atoms with E-state index in [0.29, 0.717) is 128 Å². The van der Waals surface area contributed by atoms with Gasteiger partial charge < -0.3 is 60.8 Å². The lowest BCUT2D eigenvalue weighted by atomic mass is 9.97. The van der Waals surface area contributed by atoms with Gasteiger partial charge in [-0.3, -0.25) is 9.59 Å². The van der Waals surface area contributed by atoms with Crippen molar-refractivity contribution >= 4 is 42.1 Å². The zero-order chi connectivity index (χ0) is 49.3. The number of nitrogens with zero attached hydrogens (tertiary/aromatic N) is 13. The maximum absolute atomic E-state index is 14.4. The van der Waals surface area contributed by atoms with Crippen LogP contribution in [0.1, 0.15) is 81.7 Å². The number of terminal acetylenes is 1. The molecule has 6 rings (SSSR count). The molecule has 0 saturated carbocycles. The molecule has 5 heterocycles. The third kappa shape index (κ3) is 14.9. The van der Waals surface area contributed by atoms with Gasteiger partial charge in [0.15, 0.2) is 0 Å². The van der Waals surface area contributed by atoms with Gasteiger partial charge in [0, 0.05) is 58.9 Å². The number of rotatable bonds is 26. The van der Waals surface area contributed by atoms with E-state index in [1.165, 1.54) is 0 Å². The molecule has 2 aliphatic heterocycles. The Bertz CT molecular complexity index is 2250. The van der Waals surface area contributed by atoms with Gasteiger partial charge in [-0.1, -0.05) is 69.0 Å². The quantitative estimate of drug-likeness (QED) is 0.0439. The Hall–Kier alpha value is -5.74. The van der Waals surface area contributed by atoms with Crippen LogP contribution < -0.4 is 26.6 Å². The monoisotopic (exact) mass is 995 g/mol. The molecule has 0 radical (unpaired) electrons. The van der Waals surface area contributed by atoms with Gasteiger partial charge in [0.2, 0.25) is 29.7 Å². The first-order valence-corrected chi connectivity index (χ1v) is 23.9. The summed E-state index contributed by atoms with van der Waals surface area (Å²) in [5.41, 5.74) is 14.5. The van der Waals surface area contributed by atoms with Crippen molar-refractivity contribution in [1.82, 2.24) is 54.7 Å². The van der Waals surface area contributed by atoms with Crippen LogP contribution in [0.25, 0.3) is 0 Å². The second kappa shape index (κ2) is 27.6. The lowest BCUT2D eigenvalue weighted by molar-refractivity contribution is -0.137. The normalized spacial score (nSPS) is 16.7. The summed E-state index contributed by atoms with van der Waals surface area (Å²) < 4.78 is 19.8. The van der Waals surface area contributed by atoms with Gasteiger partial charge in [0.05, 0.1) is 69.8 Å². The van der Waals surface area contributed by atoms with Crippen molar-refractivity contribution in [2.24, 2.45) is 23.3 Å².